The molecule has 0 radical (unpaired) electrons. The molecule has 0 amide bonds. The lowest BCUT2D eigenvalue weighted by atomic mass is 9.89. The predicted molar refractivity (Wildman–Crippen MR) is 76.6 cm³/mol. The molecule has 2 nitrogen and oxygen atoms in total. The molecule has 2 aliphatic rings. The molecule has 2 saturated carbocycles. The number of hydrogen-bond donors (Lipinski definition) is 1. The standard InChI is InChI=1S/C15H23NOS/c1-18-10-15-5-4-14(17-15)9-16-8-13-7-11-2-3-12(13)6-11/h4-5,11-13,16H,2-3,6-10H2,1H3. The van der Waals surface area contributed by atoms with Gasteiger partial charge in [-0.15, -0.1) is 0 Å². The number of hydrogen-bond acceptors (Lipinski definition) is 3. The zero-order chi connectivity index (χ0) is 12.4. The molecule has 3 unspecified atom stereocenters. The summed E-state index contributed by atoms with van der Waals surface area (Å²) in [6.45, 7) is 2.07. The number of thioether (sulfide) groups is 1. The van der Waals surface area contributed by atoms with E-state index >= 15 is 0 Å². The van der Waals surface area contributed by atoms with Crippen LogP contribution in [0.4, 0.5) is 0 Å². The number of fused-ring (bicyclic) bond motifs is 2. The Morgan fingerprint density at radius 3 is 2.89 bits per heavy atom. The van der Waals surface area contributed by atoms with E-state index in [1.165, 1.54) is 32.2 Å². The number of nitrogens with one attached hydrogen (secondary N) is 1. The van der Waals surface area contributed by atoms with Gasteiger partial charge in [-0.2, -0.15) is 11.8 Å². The lowest BCUT2D eigenvalue weighted by Crippen LogP contribution is -2.26. The summed E-state index contributed by atoms with van der Waals surface area (Å²) >= 11 is 1.81. The van der Waals surface area contributed by atoms with Crippen molar-refractivity contribution in [3.8, 4) is 0 Å². The minimum absolute atomic E-state index is 0.891. The zero-order valence-corrected chi connectivity index (χ0v) is 12.0. The summed E-state index contributed by atoms with van der Waals surface area (Å²) in [5.74, 6) is 6.17. The Labute approximate surface area is 114 Å². The molecule has 0 aliphatic heterocycles. The molecule has 100 valence electrons. The first kappa shape index (κ1) is 12.6. The van der Waals surface area contributed by atoms with Crippen LogP contribution in [0.5, 0.6) is 0 Å². The van der Waals surface area contributed by atoms with Crippen LogP contribution < -0.4 is 5.32 Å². The van der Waals surface area contributed by atoms with Crippen molar-refractivity contribution >= 4 is 11.8 Å². The quantitative estimate of drug-likeness (QED) is 0.849. The van der Waals surface area contributed by atoms with E-state index in [-0.39, 0.29) is 0 Å². The predicted octanol–water partition coefficient (Wildman–Crippen LogP) is 3.67. The van der Waals surface area contributed by atoms with Crippen molar-refractivity contribution in [2.45, 2.75) is 38.0 Å². The Bertz CT molecular complexity index is 390. The molecule has 3 rings (SSSR count). The van der Waals surface area contributed by atoms with Crippen molar-refractivity contribution in [1.82, 2.24) is 5.32 Å². The molecule has 2 bridgehead atoms. The van der Waals surface area contributed by atoms with Gasteiger partial charge in [0.05, 0.1) is 12.3 Å². The highest BCUT2D eigenvalue weighted by Crippen LogP contribution is 2.47. The molecule has 1 heterocycles. The minimum atomic E-state index is 0.891. The second kappa shape index (κ2) is 5.70. The van der Waals surface area contributed by atoms with E-state index in [9.17, 15) is 0 Å². The zero-order valence-electron chi connectivity index (χ0n) is 11.2. The molecule has 3 atom stereocenters. The maximum absolute atomic E-state index is 5.77. The van der Waals surface area contributed by atoms with E-state index < -0.39 is 0 Å². The highest BCUT2D eigenvalue weighted by Gasteiger charge is 2.38. The van der Waals surface area contributed by atoms with Crippen LogP contribution in [0.15, 0.2) is 16.5 Å². The summed E-state index contributed by atoms with van der Waals surface area (Å²) in [7, 11) is 0. The summed E-state index contributed by atoms with van der Waals surface area (Å²) in [6.07, 6.45) is 8.06. The van der Waals surface area contributed by atoms with Gasteiger partial charge in [0.2, 0.25) is 0 Å². The highest BCUT2D eigenvalue weighted by atomic mass is 32.2. The van der Waals surface area contributed by atoms with E-state index in [0.717, 1.165) is 41.6 Å². The van der Waals surface area contributed by atoms with Crippen LogP contribution in [0.25, 0.3) is 0 Å². The maximum Gasteiger partial charge on any atom is 0.117 e. The Morgan fingerprint density at radius 2 is 2.17 bits per heavy atom. The first-order chi connectivity index (χ1) is 8.85. The third-order valence-electron chi connectivity index (χ3n) is 4.59. The van der Waals surface area contributed by atoms with E-state index in [2.05, 4.69) is 23.7 Å². The van der Waals surface area contributed by atoms with E-state index in [4.69, 9.17) is 4.42 Å². The van der Waals surface area contributed by atoms with Crippen LogP contribution >= 0.6 is 11.8 Å². The minimum Gasteiger partial charge on any atom is -0.464 e. The lowest BCUT2D eigenvalue weighted by molar-refractivity contribution is 0.313. The normalized spacial score (nSPS) is 30.2. The summed E-state index contributed by atoms with van der Waals surface area (Å²) in [5.41, 5.74) is 0. The van der Waals surface area contributed by atoms with Crippen molar-refractivity contribution in [3.05, 3.63) is 23.7 Å². The summed E-state index contributed by atoms with van der Waals surface area (Å²) in [5, 5.41) is 3.58. The second-order valence-corrected chi connectivity index (χ2v) is 6.73. The summed E-state index contributed by atoms with van der Waals surface area (Å²) < 4.78 is 5.77. The fourth-order valence-electron chi connectivity index (χ4n) is 3.74. The Kier molecular flexibility index (Phi) is 4.00. The van der Waals surface area contributed by atoms with Gasteiger partial charge in [-0.3, -0.25) is 0 Å². The third-order valence-corrected chi connectivity index (χ3v) is 5.17. The van der Waals surface area contributed by atoms with Gasteiger partial charge in [-0.05, 0) is 61.9 Å². The van der Waals surface area contributed by atoms with Crippen molar-refractivity contribution in [1.29, 1.82) is 0 Å². The second-order valence-electron chi connectivity index (χ2n) is 5.87. The van der Waals surface area contributed by atoms with Crippen molar-refractivity contribution in [3.63, 3.8) is 0 Å². The molecule has 0 saturated heterocycles. The van der Waals surface area contributed by atoms with Crippen molar-refractivity contribution < 1.29 is 4.42 Å². The first-order valence-electron chi connectivity index (χ1n) is 7.12. The SMILES string of the molecule is CSCc1ccc(CNCC2CC3CCC2C3)o1. The number of rotatable bonds is 6. The van der Waals surface area contributed by atoms with Crippen molar-refractivity contribution in [2.24, 2.45) is 17.8 Å². The fourth-order valence-corrected chi connectivity index (χ4v) is 4.18. The van der Waals surface area contributed by atoms with Crippen LogP contribution in [0, 0.1) is 17.8 Å². The lowest BCUT2D eigenvalue weighted by Gasteiger charge is -2.21. The first-order valence-corrected chi connectivity index (χ1v) is 8.51. The van der Waals surface area contributed by atoms with Crippen LogP contribution in [0.2, 0.25) is 0 Å². The average molecular weight is 265 g/mol. The topological polar surface area (TPSA) is 25.2 Å². The molecule has 1 aromatic rings. The fraction of sp³-hybridized carbons (Fsp3) is 0.733. The molecule has 2 fully saturated rings. The van der Waals surface area contributed by atoms with Crippen LogP contribution in [-0.2, 0) is 12.3 Å². The van der Waals surface area contributed by atoms with Gasteiger partial charge in [0.25, 0.3) is 0 Å². The Balaban J connectivity index is 1.41. The van der Waals surface area contributed by atoms with Gasteiger partial charge < -0.3 is 9.73 Å². The van der Waals surface area contributed by atoms with Crippen LogP contribution in [-0.4, -0.2) is 12.8 Å². The van der Waals surface area contributed by atoms with E-state index in [1.54, 1.807) is 11.8 Å². The molecule has 2 aliphatic carbocycles. The molecule has 0 spiro atoms. The van der Waals surface area contributed by atoms with Gasteiger partial charge in [0.1, 0.15) is 11.5 Å². The van der Waals surface area contributed by atoms with Gasteiger partial charge in [-0.1, -0.05) is 6.42 Å². The molecule has 3 heteroatoms. The largest absolute Gasteiger partial charge is 0.464 e. The molecule has 0 aromatic carbocycles. The van der Waals surface area contributed by atoms with Crippen LogP contribution in [0.1, 0.15) is 37.2 Å². The third kappa shape index (κ3) is 2.77. The Morgan fingerprint density at radius 1 is 1.28 bits per heavy atom. The summed E-state index contributed by atoms with van der Waals surface area (Å²) in [4.78, 5) is 0. The van der Waals surface area contributed by atoms with Crippen molar-refractivity contribution in [2.75, 3.05) is 12.8 Å². The molecular formula is C15H23NOS. The van der Waals surface area contributed by atoms with Crippen LogP contribution in [0.3, 0.4) is 0 Å². The highest BCUT2D eigenvalue weighted by molar-refractivity contribution is 7.97. The average Bonchev–Trinajstić information content (AvgIpc) is 3.06. The molecular weight excluding hydrogens is 242 g/mol. The Hall–Kier alpha value is -0.410. The van der Waals surface area contributed by atoms with E-state index in [1.807, 2.05) is 0 Å². The smallest absolute Gasteiger partial charge is 0.117 e. The van der Waals surface area contributed by atoms with Gasteiger partial charge in [0.15, 0.2) is 0 Å². The van der Waals surface area contributed by atoms with Gasteiger partial charge in [-0.25, -0.2) is 0 Å². The number of furan rings is 1. The summed E-state index contributed by atoms with van der Waals surface area (Å²) in [6, 6.07) is 4.21. The molecule has 1 aromatic heterocycles. The van der Waals surface area contributed by atoms with Gasteiger partial charge in [0, 0.05) is 0 Å². The van der Waals surface area contributed by atoms with Gasteiger partial charge >= 0.3 is 0 Å². The molecule has 1 N–H and O–H groups in total. The molecule has 18 heavy (non-hydrogen) atoms. The maximum atomic E-state index is 5.77. The monoisotopic (exact) mass is 265 g/mol. The van der Waals surface area contributed by atoms with E-state index in [0.29, 0.717) is 0 Å².